The lowest BCUT2D eigenvalue weighted by Crippen LogP contribution is -2.22. The molecule has 3 N–H and O–H groups in total. The summed E-state index contributed by atoms with van der Waals surface area (Å²) in [6.45, 7) is 3.74. The first-order chi connectivity index (χ1) is 11.5. The maximum absolute atomic E-state index is 12.1. The quantitative estimate of drug-likeness (QED) is 0.631. The molecule has 0 fully saturated rings. The molecule has 0 aliphatic heterocycles. The molecule has 0 bridgehead atoms. The number of hydrogen-bond donors (Lipinski definition) is 2. The monoisotopic (exact) mass is 326 g/mol. The molecule has 0 spiro atoms. The second-order valence-corrected chi connectivity index (χ2v) is 5.40. The zero-order valence-electron chi connectivity index (χ0n) is 14.0. The third kappa shape index (κ3) is 4.35. The summed E-state index contributed by atoms with van der Waals surface area (Å²) in [4.78, 5) is 24.0. The first kappa shape index (κ1) is 17.5. The van der Waals surface area contributed by atoms with Crippen LogP contribution in [-0.2, 0) is 22.4 Å². The summed E-state index contributed by atoms with van der Waals surface area (Å²) in [6.07, 6.45) is 1.63. The van der Waals surface area contributed by atoms with E-state index in [1.165, 1.54) is 0 Å². The first-order valence-electron chi connectivity index (χ1n) is 7.98. The van der Waals surface area contributed by atoms with E-state index in [0.29, 0.717) is 11.3 Å². The van der Waals surface area contributed by atoms with Gasteiger partial charge in [0.25, 0.3) is 5.91 Å². The number of carbonyl (C=O) groups excluding carboxylic acids is 2. The van der Waals surface area contributed by atoms with E-state index >= 15 is 0 Å². The number of nitrogens with two attached hydrogens (primary N) is 1. The molecule has 5 heteroatoms. The normalized spacial score (nSPS) is 10.2. The van der Waals surface area contributed by atoms with Crippen molar-refractivity contribution in [3.63, 3.8) is 0 Å². The van der Waals surface area contributed by atoms with Gasteiger partial charge in [-0.05, 0) is 48.2 Å². The van der Waals surface area contributed by atoms with Crippen molar-refractivity contribution in [2.24, 2.45) is 0 Å². The van der Waals surface area contributed by atoms with E-state index < -0.39 is 5.97 Å². The zero-order valence-corrected chi connectivity index (χ0v) is 14.0. The van der Waals surface area contributed by atoms with Gasteiger partial charge in [0.2, 0.25) is 0 Å². The van der Waals surface area contributed by atoms with Crippen LogP contribution in [0, 0.1) is 0 Å². The maximum Gasteiger partial charge on any atom is 0.338 e. The van der Waals surface area contributed by atoms with Crippen molar-refractivity contribution in [1.82, 2.24) is 0 Å². The Hall–Kier alpha value is -2.82. The number of carbonyl (C=O) groups is 2. The number of para-hydroxylation sites is 1. The fraction of sp³-hybridized carbons (Fsp3) is 0.263. The average Bonchev–Trinajstić information content (AvgIpc) is 2.60. The van der Waals surface area contributed by atoms with Crippen LogP contribution in [0.5, 0.6) is 0 Å². The molecule has 0 aliphatic carbocycles. The molecule has 0 unspecified atom stereocenters. The molecule has 0 saturated heterocycles. The van der Waals surface area contributed by atoms with Gasteiger partial charge < -0.3 is 15.8 Å². The Balaban J connectivity index is 1.99. The summed E-state index contributed by atoms with van der Waals surface area (Å²) in [5.41, 5.74) is 9.44. The van der Waals surface area contributed by atoms with E-state index in [9.17, 15) is 9.59 Å². The molecule has 2 rings (SSSR count). The molecule has 0 heterocycles. The van der Waals surface area contributed by atoms with Crippen LogP contribution in [-0.4, -0.2) is 18.5 Å². The van der Waals surface area contributed by atoms with Gasteiger partial charge in [0, 0.05) is 11.4 Å². The lowest BCUT2D eigenvalue weighted by molar-refractivity contribution is -0.119. The van der Waals surface area contributed by atoms with E-state index in [1.807, 2.05) is 32.0 Å². The highest BCUT2D eigenvalue weighted by Crippen LogP contribution is 2.22. The molecule has 5 nitrogen and oxygen atoms in total. The highest BCUT2D eigenvalue weighted by atomic mass is 16.5. The van der Waals surface area contributed by atoms with Crippen LogP contribution in [0.2, 0.25) is 0 Å². The summed E-state index contributed by atoms with van der Waals surface area (Å²) in [7, 11) is 0. The number of nitrogen functional groups attached to an aromatic ring is 1. The van der Waals surface area contributed by atoms with Crippen LogP contribution in [0.15, 0.2) is 42.5 Å². The lowest BCUT2D eigenvalue weighted by Gasteiger charge is -2.14. The predicted molar refractivity (Wildman–Crippen MR) is 95.0 cm³/mol. The number of amides is 1. The number of ether oxygens (including phenoxy) is 1. The maximum atomic E-state index is 12.1. The molecule has 0 aliphatic rings. The van der Waals surface area contributed by atoms with Crippen molar-refractivity contribution in [3.8, 4) is 0 Å². The molecule has 126 valence electrons. The number of benzene rings is 2. The fourth-order valence-electron chi connectivity index (χ4n) is 2.41. The van der Waals surface area contributed by atoms with Gasteiger partial charge in [0.1, 0.15) is 0 Å². The van der Waals surface area contributed by atoms with Crippen molar-refractivity contribution < 1.29 is 14.3 Å². The van der Waals surface area contributed by atoms with E-state index in [4.69, 9.17) is 10.5 Å². The van der Waals surface area contributed by atoms with E-state index in [-0.39, 0.29) is 12.5 Å². The van der Waals surface area contributed by atoms with E-state index in [0.717, 1.165) is 29.7 Å². The second-order valence-electron chi connectivity index (χ2n) is 5.40. The summed E-state index contributed by atoms with van der Waals surface area (Å²) >= 11 is 0. The first-order valence-corrected chi connectivity index (χ1v) is 7.98. The van der Waals surface area contributed by atoms with Crippen molar-refractivity contribution in [3.05, 3.63) is 59.2 Å². The summed E-state index contributed by atoms with van der Waals surface area (Å²) in [5.74, 6) is -0.904. The number of nitrogens with one attached hydrogen (secondary N) is 1. The number of rotatable bonds is 6. The zero-order chi connectivity index (χ0) is 17.5. The Morgan fingerprint density at radius 2 is 1.58 bits per heavy atom. The van der Waals surface area contributed by atoms with Gasteiger partial charge in [-0.2, -0.15) is 0 Å². The minimum Gasteiger partial charge on any atom is -0.452 e. The second kappa shape index (κ2) is 8.15. The molecule has 0 aromatic heterocycles. The SMILES string of the molecule is CCc1cccc(CC)c1NC(=O)COC(=O)c1ccc(N)cc1. The highest BCUT2D eigenvalue weighted by molar-refractivity contribution is 5.96. The minimum absolute atomic E-state index is 0.329. The molecule has 2 aromatic carbocycles. The van der Waals surface area contributed by atoms with Crippen molar-refractivity contribution in [1.29, 1.82) is 0 Å². The summed E-state index contributed by atoms with van der Waals surface area (Å²) in [5, 5.41) is 2.86. The Labute approximate surface area is 141 Å². The topological polar surface area (TPSA) is 81.4 Å². The van der Waals surface area contributed by atoms with Crippen LogP contribution >= 0.6 is 0 Å². The minimum atomic E-state index is -0.551. The largest absolute Gasteiger partial charge is 0.452 e. The van der Waals surface area contributed by atoms with Crippen LogP contribution in [0.4, 0.5) is 11.4 Å². The number of esters is 1. The van der Waals surface area contributed by atoms with Crippen LogP contribution in [0.1, 0.15) is 35.3 Å². The average molecular weight is 326 g/mol. The third-order valence-electron chi connectivity index (χ3n) is 3.74. The van der Waals surface area contributed by atoms with Gasteiger partial charge in [0.05, 0.1) is 5.56 Å². The Kier molecular flexibility index (Phi) is 5.95. The Morgan fingerprint density at radius 3 is 2.12 bits per heavy atom. The van der Waals surface area contributed by atoms with Gasteiger partial charge in [-0.15, -0.1) is 0 Å². The summed E-state index contributed by atoms with van der Waals surface area (Å²) in [6, 6.07) is 12.3. The van der Waals surface area contributed by atoms with Gasteiger partial charge in [-0.3, -0.25) is 4.79 Å². The van der Waals surface area contributed by atoms with Crippen LogP contribution < -0.4 is 11.1 Å². The molecular weight excluding hydrogens is 304 g/mol. The molecule has 0 atom stereocenters. The van der Waals surface area contributed by atoms with Gasteiger partial charge in [0.15, 0.2) is 6.61 Å². The number of anilines is 2. The smallest absolute Gasteiger partial charge is 0.338 e. The standard InChI is InChI=1S/C19H22N2O3/c1-3-13-6-5-7-14(4-2)18(13)21-17(22)12-24-19(23)15-8-10-16(20)11-9-15/h5-11H,3-4,12,20H2,1-2H3,(H,21,22). The van der Waals surface area contributed by atoms with Crippen LogP contribution in [0.3, 0.4) is 0 Å². The third-order valence-corrected chi connectivity index (χ3v) is 3.74. The van der Waals surface area contributed by atoms with Gasteiger partial charge in [-0.25, -0.2) is 4.79 Å². The van der Waals surface area contributed by atoms with Crippen LogP contribution in [0.25, 0.3) is 0 Å². The van der Waals surface area contributed by atoms with Crippen molar-refractivity contribution in [2.45, 2.75) is 26.7 Å². The Bertz CT molecular complexity index is 702. The lowest BCUT2D eigenvalue weighted by atomic mass is 10.0. The molecule has 0 saturated carbocycles. The number of aryl methyl sites for hydroxylation is 2. The van der Waals surface area contributed by atoms with E-state index in [2.05, 4.69) is 5.32 Å². The van der Waals surface area contributed by atoms with Crippen molar-refractivity contribution in [2.75, 3.05) is 17.7 Å². The number of hydrogen-bond acceptors (Lipinski definition) is 4. The van der Waals surface area contributed by atoms with Gasteiger partial charge >= 0.3 is 5.97 Å². The Morgan fingerprint density at radius 1 is 1.00 bits per heavy atom. The summed E-state index contributed by atoms with van der Waals surface area (Å²) < 4.78 is 5.06. The fourth-order valence-corrected chi connectivity index (χ4v) is 2.41. The predicted octanol–water partition coefficient (Wildman–Crippen LogP) is 3.19. The van der Waals surface area contributed by atoms with Crippen molar-refractivity contribution >= 4 is 23.3 Å². The van der Waals surface area contributed by atoms with Gasteiger partial charge in [-0.1, -0.05) is 32.0 Å². The molecule has 24 heavy (non-hydrogen) atoms. The van der Waals surface area contributed by atoms with E-state index in [1.54, 1.807) is 24.3 Å². The molecule has 2 aromatic rings. The molecule has 1 amide bonds. The highest BCUT2D eigenvalue weighted by Gasteiger charge is 2.13. The molecule has 0 radical (unpaired) electrons. The molecular formula is C19H22N2O3.